The van der Waals surface area contributed by atoms with E-state index in [1.54, 1.807) is 12.1 Å². The first-order valence-electron chi connectivity index (χ1n) is 6.99. The van der Waals surface area contributed by atoms with Crippen LogP contribution in [0.25, 0.3) is 0 Å². The molecule has 0 radical (unpaired) electrons. The van der Waals surface area contributed by atoms with Crippen LogP contribution >= 0.6 is 0 Å². The Kier molecular flexibility index (Phi) is 5.01. The van der Waals surface area contributed by atoms with Gasteiger partial charge in [-0.2, -0.15) is 0 Å². The Morgan fingerprint density at radius 1 is 1.40 bits per heavy atom. The van der Waals surface area contributed by atoms with Gasteiger partial charge in [0, 0.05) is 13.6 Å². The molecule has 1 unspecified atom stereocenters. The Balaban J connectivity index is 2.19. The van der Waals surface area contributed by atoms with Crippen molar-refractivity contribution in [3.63, 3.8) is 0 Å². The predicted octanol–water partition coefficient (Wildman–Crippen LogP) is 1.03. The summed E-state index contributed by atoms with van der Waals surface area (Å²) in [5, 5.41) is 3.39. The molecule has 0 aromatic heterocycles. The van der Waals surface area contributed by atoms with Crippen molar-refractivity contribution in [1.82, 2.24) is 10.0 Å². The summed E-state index contributed by atoms with van der Waals surface area (Å²) in [6.45, 7) is 2.96. The second-order valence-corrected chi connectivity index (χ2v) is 7.12. The van der Waals surface area contributed by atoms with Gasteiger partial charge in [-0.05, 0) is 51.0 Å². The van der Waals surface area contributed by atoms with Gasteiger partial charge >= 0.3 is 0 Å². The Morgan fingerprint density at radius 2 is 2.15 bits per heavy atom. The molecule has 1 heterocycles. The third-order valence-electron chi connectivity index (χ3n) is 3.77. The molecule has 0 aliphatic carbocycles. The van der Waals surface area contributed by atoms with Crippen molar-refractivity contribution in [2.24, 2.45) is 5.92 Å². The van der Waals surface area contributed by atoms with Gasteiger partial charge in [-0.1, -0.05) is 12.1 Å². The highest BCUT2D eigenvalue weighted by molar-refractivity contribution is 7.89. The van der Waals surface area contributed by atoms with Crippen LogP contribution < -0.4 is 14.9 Å². The van der Waals surface area contributed by atoms with Crippen molar-refractivity contribution in [3.8, 4) is 0 Å². The number of nitrogens with zero attached hydrogens (tertiary/aromatic N) is 1. The van der Waals surface area contributed by atoms with Crippen LogP contribution in [0.4, 0.5) is 5.69 Å². The van der Waals surface area contributed by atoms with E-state index in [2.05, 4.69) is 10.0 Å². The SMILES string of the molecule is CNS(=O)(=O)c1ccccc1N(C)CC1CCCNC1. The van der Waals surface area contributed by atoms with Crippen LogP contribution in [0.2, 0.25) is 0 Å². The summed E-state index contributed by atoms with van der Waals surface area (Å²) in [4.78, 5) is 2.38. The molecule has 1 saturated heterocycles. The first kappa shape index (κ1) is 15.3. The largest absolute Gasteiger partial charge is 0.373 e. The quantitative estimate of drug-likeness (QED) is 0.852. The number of benzene rings is 1. The van der Waals surface area contributed by atoms with E-state index in [-0.39, 0.29) is 0 Å². The van der Waals surface area contributed by atoms with Gasteiger partial charge in [0.15, 0.2) is 0 Å². The average molecular weight is 297 g/mol. The Hall–Kier alpha value is -1.11. The third kappa shape index (κ3) is 3.50. The minimum absolute atomic E-state index is 0.341. The number of hydrogen-bond acceptors (Lipinski definition) is 4. The zero-order valence-corrected chi connectivity index (χ0v) is 12.9. The van der Waals surface area contributed by atoms with Crippen LogP contribution in [-0.2, 0) is 10.0 Å². The Bertz CT molecular complexity index is 539. The minimum Gasteiger partial charge on any atom is -0.373 e. The first-order valence-corrected chi connectivity index (χ1v) is 8.47. The van der Waals surface area contributed by atoms with Crippen molar-refractivity contribution in [2.45, 2.75) is 17.7 Å². The van der Waals surface area contributed by atoms with E-state index in [0.29, 0.717) is 10.8 Å². The monoisotopic (exact) mass is 297 g/mol. The molecule has 0 spiro atoms. The third-order valence-corrected chi connectivity index (χ3v) is 5.23. The van der Waals surface area contributed by atoms with Crippen LogP contribution in [0.15, 0.2) is 29.2 Å². The highest BCUT2D eigenvalue weighted by atomic mass is 32.2. The normalized spacial score (nSPS) is 19.8. The van der Waals surface area contributed by atoms with Crippen LogP contribution in [-0.4, -0.2) is 42.1 Å². The molecule has 2 rings (SSSR count). The highest BCUT2D eigenvalue weighted by Gasteiger charge is 2.21. The first-order chi connectivity index (χ1) is 9.54. The summed E-state index contributed by atoms with van der Waals surface area (Å²) in [6, 6.07) is 7.14. The molecule has 6 heteroatoms. The van der Waals surface area contributed by atoms with Crippen LogP contribution in [0.3, 0.4) is 0 Å². The van der Waals surface area contributed by atoms with Crippen molar-refractivity contribution < 1.29 is 8.42 Å². The molecule has 1 aromatic carbocycles. The molecule has 112 valence electrons. The van der Waals surface area contributed by atoms with Crippen molar-refractivity contribution in [2.75, 3.05) is 38.6 Å². The van der Waals surface area contributed by atoms with Gasteiger partial charge < -0.3 is 10.2 Å². The number of anilines is 1. The van der Waals surface area contributed by atoms with Crippen molar-refractivity contribution in [1.29, 1.82) is 0 Å². The minimum atomic E-state index is -3.42. The zero-order chi connectivity index (χ0) is 14.6. The zero-order valence-electron chi connectivity index (χ0n) is 12.1. The molecule has 0 saturated carbocycles. The summed E-state index contributed by atoms with van der Waals surface area (Å²) >= 11 is 0. The van der Waals surface area contributed by atoms with E-state index in [1.165, 1.54) is 19.9 Å². The number of piperidine rings is 1. The second-order valence-electron chi connectivity index (χ2n) is 5.27. The van der Waals surface area contributed by atoms with E-state index in [0.717, 1.165) is 25.3 Å². The van der Waals surface area contributed by atoms with Gasteiger partial charge in [0.25, 0.3) is 0 Å². The van der Waals surface area contributed by atoms with Crippen LogP contribution in [0.1, 0.15) is 12.8 Å². The van der Waals surface area contributed by atoms with Crippen LogP contribution in [0, 0.1) is 5.92 Å². The molecule has 2 N–H and O–H groups in total. The maximum atomic E-state index is 12.1. The topological polar surface area (TPSA) is 61.4 Å². The Morgan fingerprint density at radius 3 is 2.80 bits per heavy atom. The standard InChI is InChI=1S/C14H23N3O2S/c1-15-20(18,19)14-8-4-3-7-13(14)17(2)11-12-6-5-9-16-10-12/h3-4,7-8,12,15-16H,5-6,9-11H2,1-2H3. The summed E-state index contributed by atoms with van der Waals surface area (Å²) in [7, 11) is -0.0234. The molecule has 5 nitrogen and oxygen atoms in total. The number of para-hydroxylation sites is 1. The maximum absolute atomic E-state index is 12.1. The van der Waals surface area contributed by atoms with E-state index in [4.69, 9.17) is 0 Å². The van der Waals surface area contributed by atoms with Crippen molar-refractivity contribution in [3.05, 3.63) is 24.3 Å². The molecule has 1 aliphatic heterocycles. The lowest BCUT2D eigenvalue weighted by Crippen LogP contribution is -2.37. The van der Waals surface area contributed by atoms with Gasteiger partial charge in [0.2, 0.25) is 10.0 Å². The number of rotatable bonds is 5. The number of sulfonamides is 1. The smallest absolute Gasteiger partial charge is 0.242 e. The fraction of sp³-hybridized carbons (Fsp3) is 0.571. The van der Waals surface area contributed by atoms with Crippen molar-refractivity contribution >= 4 is 15.7 Å². The number of hydrogen-bond donors (Lipinski definition) is 2. The average Bonchev–Trinajstić information content (AvgIpc) is 2.48. The number of nitrogens with one attached hydrogen (secondary N) is 2. The molecule has 1 fully saturated rings. The fourth-order valence-corrected chi connectivity index (χ4v) is 3.65. The van der Waals surface area contributed by atoms with E-state index < -0.39 is 10.0 Å². The molecule has 0 bridgehead atoms. The molecule has 1 atom stereocenters. The lowest BCUT2D eigenvalue weighted by Gasteiger charge is -2.29. The lowest BCUT2D eigenvalue weighted by molar-refractivity contribution is 0.381. The van der Waals surface area contributed by atoms with E-state index in [9.17, 15) is 8.42 Å². The van der Waals surface area contributed by atoms with Gasteiger partial charge in [0.05, 0.1) is 5.69 Å². The fourth-order valence-electron chi connectivity index (χ4n) is 2.68. The highest BCUT2D eigenvalue weighted by Crippen LogP contribution is 2.25. The molecule has 0 amide bonds. The summed E-state index contributed by atoms with van der Waals surface area (Å²) < 4.78 is 26.5. The molecule has 1 aromatic rings. The Labute approximate surface area is 121 Å². The van der Waals surface area contributed by atoms with Gasteiger partial charge in [-0.25, -0.2) is 13.1 Å². The lowest BCUT2D eigenvalue weighted by atomic mass is 9.99. The van der Waals surface area contributed by atoms with E-state index >= 15 is 0 Å². The molecular formula is C14H23N3O2S. The summed E-state index contributed by atoms with van der Waals surface area (Å²) in [5.41, 5.74) is 0.757. The molecule has 20 heavy (non-hydrogen) atoms. The maximum Gasteiger partial charge on any atom is 0.242 e. The predicted molar refractivity (Wildman–Crippen MR) is 81.6 cm³/mol. The molecular weight excluding hydrogens is 274 g/mol. The molecule has 1 aliphatic rings. The van der Waals surface area contributed by atoms with E-state index in [1.807, 2.05) is 24.1 Å². The van der Waals surface area contributed by atoms with Gasteiger partial charge in [0.1, 0.15) is 4.90 Å². The van der Waals surface area contributed by atoms with Crippen LogP contribution in [0.5, 0.6) is 0 Å². The van der Waals surface area contributed by atoms with Gasteiger partial charge in [-0.15, -0.1) is 0 Å². The second kappa shape index (κ2) is 6.56. The van der Waals surface area contributed by atoms with Gasteiger partial charge in [-0.3, -0.25) is 0 Å². The summed E-state index contributed by atoms with van der Waals surface area (Å²) in [6.07, 6.45) is 2.38. The summed E-state index contributed by atoms with van der Waals surface area (Å²) in [5.74, 6) is 0.569.